The van der Waals surface area contributed by atoms with Crippen LogP contribution in [0.15, 0.2) is 70.9 Å². The van der Waals surface area contributed by atoms with E-state index in [-0.39, 0.29) is 37.5 Å². The van der Waals surface area contributed by atoms with Gasteiger partial charge < -0.3 is 10.2 Å². The number of benzene rings is 2. The first kappa shape index (κ1) is 23.8. The summed E-state index contributed by atoms with van der Waals surface area (Å²) < 4.78 is 0. The Bertz CT molecular complexity index is 1030. The first-order valence-electron chi connectivity index (χ1n) is 11.5. The van der Waals surface area contributed by atoms with Gasteiger partial charge in [0.15, 0.2) is 11.4 Å². The van der Waals surface area contributed by atoms with Gasteiger partial charge in [-0.1, -0.05) is 60.7 Å². The highest BCUT2D eigenvalue weighted by Gasteiger charge is 2.45. The SMILES string of the molecule is CC1=NN(C(=O)CCCCC(=O)N2N=C(C)C[C@]2(O)c2ccccc2)[C@](O)(c2ccccc2)C1. The fourth-order valence-corrected chi connectivity index (χ4v) is 4.59. The fourth-order valence-electron chi connectivity index (χ4n) is 4.59. The number of unbranched alkanes of at least 4 members (excludes halogenated alkanes) is 1. The number of hydrogen-bond acceptors (Lipinski definition) is 6. The van der Waals surface area contributed by atoms with Gasteiger partial charge in [-0.05, 0) is 26.7 Å². The summed E-state index contributed by atoms with van der Waals surface area (Å²) in [6.07, 6.45) is 1.69. The van der Waals surface area contributed by atoms with Gasteiger partial charge in [-0.2, -0.15) is 20.2 Å². The third kappa shape index (κ3) is 4.51. The average Bonchev–Trinajstić information content (AvgIpc) is 3.33. The van der Waals surface area contributed by atoms with Crippen molar-refractivity contribution < 1.29 is 19.8 Å². The molecule has 0 fully saturated rings. The number of carbonyl (C=O) groups excluding carboxylic acids is 2. The van der Waals surface area contributed by atoms with Gasteiger partial charge in [0.2, 0.25) is 11.8 Å². The normalized spacial score (nSPS) is 24.2. The van der Waals surface area contributed by atoms with Crippen molar-refractivity contribution >= 4 is 23.2 Å². The molecule has 0 bridgehead atoms. The molecule has 2 atom stereocenters. The van der Waals surface area contributed by atoms with Crippen LogP contribution in [0, 0.1) is 0 Å². The molecular weight excluding hydrogens is 432 g/mol. The average molecular weight is 463 g/mol. The highest BCUT2D eigenvalue weighted by molar-refractivity contribution is 5.90. The summed E-state index contributed by atoms with van der Waals surface area (Å²) in [5.41, 5.74) is -0.406. The minimum Gasteiger partial charge on any atom is -0.365 e. The zero-order chi connectivity index (χ0) is 24.3. The van der Waals surface area contributed by atoms with E-state index in [0.29, 0.717) is 35.4 Å². The second-order valence-electron chi connectivity index (χ2n) is 9.01. The maximum Gasteiger partial charge on any atom is 0.245 e. The molecule has 2 aliphatic heterocycles. The number of aliphatic hydroxyl groups is 2. The minimum absolute atomic E-state index is 0.143. The molecule has 2 heterocycles. The number of carbonyl (C=O) groups is 2. The molecule has 178 valence electrons. The molecule has 0 aromatic heterocycles. The van der Waals surface area contributed by atoms with Gasteiger partial charge in [0.25, 0.3) is 0 Å². The van der Waals surface area contributed by atoms with E-state index in [1.54, 1.807) is 38.1 Å². The van der Waals surface area contributed by atoms with E-state index in [2.05, 4.69) is 10.2 Å². The van der Waals surface area contributed by atoms with Gasteiger partial charge >= 0.3 is 0 Å². The third-order valence-corrected chi connectivity index (χ3v) is 6.22. The molecule has 4 rings (SSSR count). The Morgan fingerprint density at radius 3 is 1.44 bits per heavy atom. The molecule has 34 heavy (non-hydrogen) atoms. The summed E-state index contributed by atoms with van der Waals surface area (Å²) in [4.78, 5) is 25.8. The van der Waals surface area contributed by atoms with Crippen molar-refractivity contribution in [2.24, 2.45) is 10.2 Å². The molecule has 0 radical (unpaired) electrons. The lowest BCUT2D eigenvalue weighted by Crippen LogP contribution is -2.43. The predicted octanol–water partition coefficient (Wildman–Crippen LogP) is 3.45. The summed E-state index contributed by atoms with van der Waals surface area (Å²) >= 11 is 0. The van der Waals surface area contributed by atoms with E-state index in [1.807, 2.05) is 36.4 Å². The summed E-state index contributed by atoms with van der Waals surface area (Å²) in [5.74, 6) is -0.599. The molecule has 0 aliphatic carbocycles. The van der Waals surface area contributed by atoms with Crippen molar-refractivity contribution in [2.45, 2.75) is 63.8 Å². The van der Waals surface area contributed by atoms with Crippen molar-refractivity contribution in [3.63, 3.8) is 0 Å². The maximum atomic E-state index is 12.9. The van der Waals surface area contributed by atoms with E-state index in [9.17, 15) is 19.8 Å². The molecule has 2 N–H and O–H groups in total. The summed E-state index contributed by atoms with van der Waals surface area (Å²) in [6, 6.07) is 18.1. The van der Waals surface area contributed by atoms with Crippen LogP contribution >= 0.6 is 0 Å². The van der Waals surface area contributed by atoms with Gasteiger partial charge in [-0.25, -0.2) is 0 Å². The van der Waals surface area contributed by atoms with Gasteiger partial charge in [0.05, 0.1) is 0 Å². The van der Waals surface area contributed by atoms with Crippen molar-refractivity contribution in [1.29, 1.82) is 0 Å². The van der Waals surface area contributed by atoms with Crippen LogP contribution in [0.4, 0.5) is 0 Å². The largest absolute Gasteiger partial charge is 0.365 e. The van der Waals surface area contributed by atoms with Gasteiger partial charge in [0, 0.05) is 48.2 Å². The molecule has 2 aliphatic rings. The molecule has 0 saturated carbocycles. The third-order valence-electron chi connectivity index (χ3n) is 6.22. The molecule has 2 aromatic rings. The Kier molecular flexibility index (Phi) is 6.63. The Labute approximate surface area is 199 Å². The second kappa shape index (κ2) is 9.48. The zero-order valence-corrected chi connectivity index (χ0v) is 19.5. The van der Waals surface area contributed by atoms with Gasteiger partial charge in [0.1, 0.15) is 0 Å². The molecule has 8 heteroatoms. The van der Waals surface area contributed by atoms with Crippen LogP contribution in [0.25, 0.3) is 0 Å². The van der Waals surface area contributed by atoms with E-state index in [4.69, 9.17) is 0 Å². The van der Waals surface area contributed by atoms with Crippen LogP contribution < -0.4 is 0 Å². The maximum absolute atomic E-state index is 12.9. The lowest BCUT2D eigenvalue weighted by molar-refractivity contribution is -0.160. The van der Waals surface area contributed by atoms with E-state index in [1.165, 1.54) is 10.0 Å². The molecule has 0 unspecified atom stereocenters. The van der Waals surface area contributed by atoms with Crippen molar-refractivity contribution in [3.05, 3.63) is 71.8 Å². The van der Waals surface area contributed by atoms with Crippen LogP contribution in [-0.2, 0) is 21.0 Å². The smallest absolute Gasteiger partial charge is 0.245 e. The Morgan fingerprint density at radius 1 is 0.735 bits per heavy atom. The van der Waals surface area contributed by atoms with Crippen LogP contribution in [0.5, 0.6) is 0 Å². The summed E-state index contributed by atoms with van der Waals surface area (Å²) in [5, 5.41) is 33.4. The van der Waals surface area contributed by atoms with Crippen molar-refractivity contribution in [2.75, 3.05) is 0 Å². The number of rotatable bonds is 7. The molecular formula is C26H30N4O4. The molecule has 2 aromatic carbocycles. The van der Waals surface area contributed by atoms with Gasteiger partial charge in [-0.15, -0.1) is 0 Å². The van der Waals surface area contributed by atoms with Crippen molar-refractivity contribution in [3.8, 4) is 0 Å². The highest BCUT2D eigenvalue weighted by Crippen LogP contribution is 2.37. The Balaban J connectivity index is 1.35. The minimum atomic E-state index is -1.49. The van der Waals surface area contributed by atoms with Crippen LogP contribution in [-0.4, -0.2) is 43.5 Å². The monoisotopic (exact) mass is 462 g/mol. The zero-order valence-electron chi connectivity index (χ0n) is 19.5. The number of hydrazone groups is 2. The highest BCUT2D eigenvalue weighted by atomic mass is 16.3. The van der Waals surface area contributed by atoms with Crippen molar-refractivity contribution in [1.82, 2.24) is 10.0 Å². The Hall–Kier alpha value is -3.36. The first-order valence-corrected chi connectivity index (χ1v) is 11.5. The van der Waals surface area contributed by atoms with Gasteiger partial charge in [-0.3, -0.25) is 9.59 Å². The first-order chi connectivity index (χ1) is 16.2. The standard InChI is InChI=1S/C26H30N4O4/c1-19-17-25(33,21-11-5-3-6-12-21)29(27-19)23(31)15-9-10-16-24(32)30-26(34,18-20(2)28-30)22-13-7-4-8-14-22/h3-8,11-14,33-34H,9-10,15-18H2,1-2H3/t25-,26+. The molecule has 2 amide bonds. The lowest BCUT2D eigenvalue weighted by Gasteiger charge is -2.32. The predicted molar refractivity (Wildman–Crippen MR) is 128 cm³/mol. The van der Waals surface area contributed by atoms with E-state index < -0.39 is 11.4 Å². The van der Waals surface area contributed by atoms with E-state index >= 15 is 0 Å². The summed E-state index contributed by atoms with van der Waals surface area (Å²) in [6.45, 7) is 3.57. The molecule has 8 nitrogen and oxygen atoms in total. The number of amides is 2. The number of nitrogens with zero attached hydrogens (tertiary/aromatic N) is 4. The fraction of sp³-hybridized carbons (Fsp3) is 0.385. The lowest BCUT2D eigenvalue weighted by atomic mass is 9.97. The Morgan fingerprint density at radius 2 is 1.09 bits per heavy atom. The summed E-state index contributed by atoms with van der Waals surface area (Å²) in [7, 11) is 0. The van der Waals surface area contributed by atoms with E-state index in [0.717, 1.165) is 0 Å². The number of hydrogen-bond donors (Lipinski definition) is 2. The molecule has 0 saturated heterocycles. The second-order valence-corrected chi connectivity index (χ2v) is 9.01. The quantitative estimate of drug-likeness (QED) is 0.615. The van der Waals surface area contributed by atoms with Crippen LogP contribution in [0.2, 0.25) is 0 Å². The van der Waals surface area contributed by atoms with Crippen LogP contribution in [0.3, 0.4) is 0 Å². The topological polar surface area (TPSA) is 106 Å². The van der Waals surface area contributed by atoms with Crippen LogP contribution in [0.1, 0.15) is 63.5 Å². The molecule has 0 spiro atoms.